The van der Waals surface area contributed by atoms with Crippen molar-refractivity contribution in [3.05, 3.63) is 47.1 Å². The third-order valence-corrected chi connectivity index (χ3v) is 3.33. The Bertz CT molecular complexity index is 716. The van der Waals surface area contributed by atoms with Crippen LogP contribution in [0.25, 0.3) is 0 Å². The zero-order chi connectivity index (χ0) is 17.7. The zero-order valence-electron chi connectivity index (χ0n) is 13.6. The lowest BCUT2D eigenvalue weighted by atomic mass is 9.98. The predicted molar refractivity (Wildman–Crippen MR) is 85.0 cm³/mol. The first kappa shape index (κ1) is 17.6. The summed E-state index contributed by atoms with van der Waals surface area (Å²) in [7, 11) is 0. The highest BCUT2D eigenvalue weighted by Crippen LogP contribution is 2.14. The summed E-state index contributed by atoms with van der Waals surface area (Å²) in [5.41, 5.74) is 5.81. The summed E-state index contributed by atoms with van der Waals surface area (Å²) >= 11 is 0. The Kier molecular flexibility index (Phi) is 5.30. The lowest BCUT2D eigenvalue weighted by molar-refractivity contribution is 0.0713. The van der Waals surface area contributed by atoms with Crippen molar-refractivity contribution in [3.63, 3.8) is 0 Å². The minimum absolute atomic E-state index is 0.0239. The molecule has 1 aromatic heterocycles. The fraction of sp³-hybridized carbons (Fsp3) is 0.375. The molecule has 0 saturated carbocycles. The standard InChI is InChI=1S/C16H20N4O4/c1-16(2,23)8-7-10-3-5-11(6-4-10)14(22)18-9-12-19-15(13(17)21)24-20-12/h3-6,23H,7-9H2,1-2H3,(H2,17,21)(H,18,22). The number of hydrogen-bond acceptors (Lipinski definition) is 6. The van der Waals surface area contributed by atoms with Crippen LogP contribution < -0.4 is 11.1 Å². The van der Waals surface area contributed by atoms with Crippen LogP contribution >= 0.6 is 0 Å². The summed E-state index contributed by atoms with van der Waals surface area (Å²) in [5.74, 6) is -1.24. The first-order chi connectivity index (χ1) is 11.2. The highest BCUT2D eigenvalue weighted by molar-refractivity contribution is 5.94. The van der Waals surface area contributed by atoms with Gasteiger partial charge in [0.25, 0.3) is 5.91 Å². The molecule has 0 aliphatic rings. The van der Waals surface area contributed by atoms with E-state index in [1.807, 2.05) is 12.1 Å². The highest BCUT2D eigenvalue weighted by atomic mass is 16.5. The van der Waals surface area contributed by atoms with E-state index >= 15 is 0 Å². The molecule has 8 nitrogen and oxygen atoms in total. The molecule has 128 valence electrons. The van der Waals surface area contributed by atoms with Crippen molar-refractivity contribution >= 4 is 11.8 Å². The van der Waals surface area contributed by atoms with Crippen molar-refractivity contribution in [2.75, 3.05) is 0 Å². The maximum Gasteiger partial charge on any atom is 0.315 e. The summed E-state index contributed by atoms with van der Waals surface area (Å²) < 4.78 is 4.63. The quantitative estimate of drug-likeness (QED) is 0.687. The van der Waals surface area contributed by atoms with E-state index in [9.17, 15) is 14.7 Å². The van der Waals surface area contributed by atoms with Gasteiger partial charge in [-0.2, -0.15) is 4.98 Å². The molecular formula is C16H20N4O4. The van der Waals surface area contributed by atoms with Crippen molar-refractivity contribution < 1.29 is 19.2 Å². The van der Waals surface area contributed by atoms with Crippen molar-refractivity contribution in [2.24, 2.45) is 5.73 Å². The van der Waals surface area contributed by atoms with Crippen molar-refractivity contribution in [2.45, 2.75) is 38.8 Å². The van der Waals surface area contributed by atoms with Crippen LogP contribution in [-0.2, 0) is 13.0 Å². The van der Waals surface area contributed by atoms with Crippen LogP contribution in [0.1, 0.15) is 52.7 Å². The molecule has 0 spiro atoms. The summed E-state index contributed by atoms with van der Waals surface area (Å²) in [6.45, 7) is 3.54. The Morgan fingerprint density at radius 3 is 2.50 bits per heavy atom. The molecule has 2 aromatic rings. The van der Waals surface area contributed by atoms with E-state index in [-0.39, 0.29) is 24.2 Å². The van der Waals surface area contributed by atoms with Crippen LogP contribution in [0.2, 0.25) is 0 Å². The molecule has 1 heterocycles. The second kappa shape index (κ2) is 7.22. The van der Waals surface area contributed by atoms with Crippen LogP contribution in [0.15, 0.2) is 28.8 Å². The van der Waals surface area contributed by atoms with E-state index in [2.05, 4.69) is 20.0 Å². The summed E-state index contributed by atoms with van der Waals surface area (Å²) in [6, 6.07) is 7.11. The number of carbonyl (C=O) groups is 2. The first-order valence-corrected chi connectivity index (χ1v) is 7.46. The largest absolute Gasteiger partial charge is 0.390 e. The average Bonchev–Trinajstić information content (AvgIpc) is 2.99. The van der Waals surface area contributed by atoms with Crippen LogP contribution in [0.4, 0.5) is 0 Å². The predicted octanol–water partition coefficient (Wildman–Crippen LogP) is 0.802. The molecule has 2 amide bonds. The van der Waals surface area contributed by atoms with Crippen LogP contribution in [-0.4, -0.2) is 32.7 Å². The number of aliphatic hydroxyl groups is 1. The number of rotatable bonds is 7. The fourth-order valence-electron chi connectivity index (χ4n) is 1.96. The molecule has 0 bridgehead atoms. The van der Waals surface area contributed by atoms with Crippen LogP contribution in [0, 0.1) is 0 Å². The van der Waals surface area contributed by atoms with E-state index in [0.717, 1.165) is 12.0 Å². The van der Waals surface area contributed by atoms with E-state index in [1.54, 1.807) is 26.0 Å². The molecule has 0 fully saturated rings. The number of nitrogens with one attached hydrogen (secondary N) is 1. The molecule has 0 radical (unpaired) electrons. The monoisotopic (exact) mass is 332 g/mol. The normalized spacial score (nSPS) is 11.3. The minimum Gasteiger partial charge on any atom is -0.390 e. The second-order valence-electron chi connectivity index (χ2n) is 6.07. The molecule has 0 aliphatic heterocycles. The SMILES string of the molecule is CC(C)(O)CCc1ccc(C(=O)NCc2noc(C(N)=O)n2)cc1. The molecular weight excluding hydrogens is 312 g/mol. The van der Waals surface area contributed by atoms with Gasteiger partial charge in [0.1, 0.15) is 0 Å². The minimum atomic E-state index is -0.818. The zero-order valence-corrected chi connectivity index (χ0v) is 13.6. The molecule has 1 aromatic carbocycles. The Balaban J connectivity index is 1.89. The molecule has 4 N–H and O–H groups in total. The van der Waals surface area contributed by atoms with Crippen molar-refractivity contribution in [1.29, 1.82) is 0 Å². The number of amides is 2. The van der Waals surface area contributed by atoms with Gasteiger partial charge in [-0.1, -0.05) is 17.3 Å². The van der Waals surface area contributed by atoms with Gasteiger partial charge in [-0.05, 0) is 44.4 Å². The van der Waals surface area contributed by atoms with E-state index in [0.29, 0.717) is 12.0 Å². The van der Waals surface area contributed by atoms with Gasteiger partial charge in [-0.3, -0.25) is 9.59 Å². The number of aryl methyl sites for hydroxylation is 1. The number of primary amides is 1. The molecule has 0 aliphatic carbocycles. The summed E-state index contributed by atoms with van der Waals surface area (Å²) in [6.07, 6.45) is 1.36. The Labute approximate surface area is 139 Å². The third kappa shape index (κ3) is 5.17. The summed E-state index contributed by atoms with van der Waals surface area (Å²) in [4.78, 5) is 26.6. The second-order valence-corrected chi connectivity index (χ2v) is 6.07. The lowest BCUT2D eigenvalue weighted by Crippen LogP contribution is -2.23. The number of aromatic nitrogens is 2. The number of hydrogen-bond donors (Lipinski definition) is 3. The van der Waals surface area contributed by atoms with E-state index in [4.69, 9.17) is 5.73 Å². The van der Waals surface area contributed by atoms with E-state index < -0.39 is 11.5 Å². The topological polar surface area (TPSA) is 131 Å². The number of benzene rings is 1. The lowest BCUT2D eigenvalue weighted by Gasteiger charge is -2.16. The number of nitrogens with zero attached hydrogens (tertiary/aromatic N) is 2. The van der Waals surface area contributed by atoms with Gasteiger partial charge < -0.3 is 20.7 Å². The smallest absolute Gasteiger partial charge is 0.315 e. The maximum atomic E-state index is 12.1. The molecule has 0 unspecified atom stereocenters. The van der Waals surface area contributed by atoms with Crippen molar-refractivity contribution in [3.8, 4) is 0 Å². The van der Waals surface area contributed by atoms with Gasteiger partial charge in [-0.25, -0.2) is 0 Å². The third-order valence-electron chi connectivity index (χ3n) is 3.33. The van der Waals surface area contributed by atoms with Gasteiger partial charge in [0.05, 0.1) is 12.1 Å². The highest BCUT2D eigenvalue weighted by Gasteiger charge is 2.14. The van der Waals surface area contributed by atoms with Crippen LogP contribution in [0.5, 0.6) is 0 Å². The van der Waals surface area contributed by atoms with E-state index in [1.165, 1.54) is 0 Å². The fourth-order valence-corrected chi connectivity index (χ4v) is 1.96. The molecule has 2 rings (SSSR count). The number of nitrogens with two attached hydrogens (primary N) is 1. The molecule has 0 saturated heterocycles. The summed E-state index contributed by atoms with van der Waals surface area (Å²) in [5, 5.41) is 15.9. The first-order valence-electron chi connectivity index (χ1n) is 7.46. The Morgan fingerprint density at radius 1 is 1.29 bits per heavy atom. The van der Waals surface area contributed by atoms with Crippen LogP contribution in [0.3, 0.4) is 0 Å². The Hall–Kier alpha value is -2.74. The van der Waals surface area contributed by atoms with Gasteiger partial charge in [-0.15, -0.1) is 0 Å². The number of carbonyl (C=O) groups excluding carboxylic acids is 2. The molecule has 24 heavy (non-hydrogen) atoms. The van der Waals surface area contributed by atoms with Gasteiger partial charge in [0, 0.05) is 5.56 Å². The molecule has 0 atom stereocenters. The van der Waals surface area contributed by atoms with Gasteiger partial charge in [0.15, 0.2) is 5.82 Å². The Morgan fingerprint density at radius 2 is 1.96 bits per heavy atom. The van der Waals surface area contributed by atoms with Gasteiger partial charge in [0.2, 0.25) is 0 Å². The van der Waals surface area contributed by atoms with Crippen molar-refractivity contribution in [1.82, 2.24) is 15.5 Å². The maximum absolute atomic E-state index is 12.1. The van der Waals surface area contributed by atoms with Gasteiger partial charge >= 0.3 is 11.8 Å². The average molecular weight is 332 g/mol. The molecule has 8 heteroatoms.